The highest BCUT2D eigenvalue weighted by Crippen LogP contribution is 2.36. The summed E-state index contributed by atoms with van der Waals surface area (Å²) in [4.78, 5) is 43.7. The van der Waals surface area contributed by atoms with Crippen LogP contribution in [-0.4, -0.2) is 47.6 Å². The fourth-order valence-corrected chi connectivity index (χ4v) is 5.23. The van der Waals surface area contributed by atoms with Gasteiger partial charge in [-0.05, 0) is 100 Å². The molecule has 3 aromatic carbocycles. The molecule has 1 fully saturated rings. The van der Waals surface area contributed by atoms with Crippen molar-refractivity contribution in [3.8, 4) is 5.75 Å². The van der Waals surface area contributed by atoms with Crippen LogP contribution in [0.2, 0.25) is 0 Å². The second-order valence-corrected chi connectivity index (χ2v) is 12.1. The van der Waals surface area contributed by atoms with Gasteiger partial charge < -0.3 is 25.0 Å². The van der Waals surface area contributed by atoms with Crippen LogP contribution in [0.3, 0.4) is 0 Å². The van der Waals surface area contributed by atoms with Crippen LogP contribution in [0.4, 0.5) is 10.5 Å². The maximum absolute atomic E-state index is 14.7. The number of hydrogen-bond acceptors (Lipinski definition) is 5. The fourth-order valence-electron chi connectivity index (χ4n) is 5.23. The number of nitrogens with zero attached hydrogens (tertiary/aromatic N) is 1. The summed E-state index contributed by atoms with van der Waals surface area (Å²) in [6.07, 6.45) is 2.07. The van der Waals surface area contributed by atoms with Crippen molar-refractivity contribution in [2.24, 2.45) is 0 Å². The number of ether oxygens (including phenoxy) is 2. The quantitative estimate of drug-likeness (QED) is 0.283. The van der Waals surface area contributed by atoms with Gasteiger partial charge in [-0.15, -0.1) is 0 Å². The second-order valence-electron chi connectivity index (χ2n) is 12.1. The highest BCUT2D eigenvalue weighted by Gasteiger charge is 2.42. The summed E-state index contributed by atoms with van der Waals surface area (Å²) in [5, 5.41) is 5.88. The van der Waals surface area contributed by atoms with E-state index in [2.05, 4.69) is 10.6 Å². The van der Waals surface area contributed by atoms with Gasteiger partial charge in [-0.2, -0.15) is 0 Å². The van der Waals surface area contributed by atoms with E-state index in [0.29, 0.717) is 11.4 Å². The fraction of sp³-hybridized carbons (Fsp3) is 0.400. The van der Waals surface area contributed by atoms with Gasteiger partial charge in [0.2, 0.25) is 5.91 Å². The zero-order valence-corrected chi connectivity index (χ0v) is 26.0. The van der Waals surface area contributed by atoms with Crippen LogP contribution >= 0.6 is 0 Å². The lowest BCUT2D eigenvalue weighted by Crippen LogP contribution is -2.57. The standard InChI is InChI=1S/C35H43N3O5/c1-23-12-10-17-29(24(23)2)31(32(39)36-26-18-20-28(42-6)21-19-26)38(27-15-11-16-27)33(40)30(22-25-13-8-7-9-14-25)37-34(41)43-35(3,4)5/h7-10,12-14,17-21,27,30-31H,11,15-16,22H2,1-6H3,(H,36,39)(H,37,41). The Kier molecular flexibility index (Phi) is 10.1. The third-order valence-electron chi connectivity index (χ3n) is 7.82. The number of benzene rings is 3. The molecule has 1 saturated carbocycles. The number of amides is 3. The molecule has 8 heteroatoms. The Morgan fingerprint density at radius 1 is 0.930 bits per heavy atom. The summed E-state index contributed by atoms with van der Waals surface area (Å²) in [5.41, 5.74) is 3.45. The van der Waals surface area contributed by atoms with Crippen molar-refractivity contribution in [2.45, 2.75) is 84.0 Å². The van der Waals surface area contributed by atoms with E-state index in [-0.39, 0.29) is 24.3 Å². The SMILES string of the molecule is COc1ccc(NC(=O)C(c2cccc(C)c2C)N(C(=O)C(Cc2ccccc2)NC(=O)OC(C)(C)C)C2CCC2)cc1. The minimum Gasteiger partial charge on any atom is -0.497 e. The molecule has 4 rings (SSSR count). The average Bonchev–Trinajstić information content (AvgIpc) is 2.93. The zero-order valence-electron chi connectivity index (χ0n) is 26.0. The summed E-state index contributed by atoms with van der Waals surface area (Å²) in [6, 6.07) is 20.4. The van der Waals surface area contributed by atoms with Crippen LogP contribution in [0.15, 0.2) is 72.8 Å². The molecule has 0 heterocycles. The molecule has 2 unspecified atom stereocenters. The Labute approximate surface area is 254 Å². The number of hydrogen-bond donors (Lipinski definition) is 2. The van der Waals surface area contributed by atoms with Crippen LogP contribution in [0.1, 0.15) is 68.3 Å². The van der Waals surface area contributed by atoms with Crippen LogP contribution in [0, 0.1) is 13.8 Å². The molecule has 0 aromatic heterocycles. The number of anilines is 1. The number of carbonyl (C=O) groups excluding carboxylic acids is 3. The van der Waals surface area contributed by atoms with Gasteiger partial charge in [0.05, 0.1) is 7.11 Å². The molecule has 0 radical (unpaired) electrons. The van der Waals surface area contributed by atoms with Gasteiger partial charge in [-0.1, -0.05) is 48.5 Å². The first-order valence-corrected chi connectivity index (χ1v) is 14.8. The maximum Gasteiger partial charge on any atom is 0.408 e. The van der Waals surface area contributed by atoms with Gasteiger partial charge in [0.25, 0.3) is 5.91 Å². The Bertz CT molecular complexity index is 1410. The number of methoxy groups -OCH3 is 1. The average molecular weight is 586 g/mol. The molecular formula is C35H43N3O5. The van der Waals surface area contributed by atoms with Crippen molar-refractivity contribution in [1.82, 2.24) is 10.2 Å². The normalized spacial score (nSPS) is 14.6. The van der Waals surface area contributed by atoms with Crippen molar-refractivity contribution in [2.75, 3.05) is 12.4 Å². The summed E-state index contributed by atoms with van der Waals surface area (Å²) in [6.45, 7) is 9.31. The molecule has 2 N–H and O–H groups in total. The van der Waals surface area contributed by atoms with Crippen molar-refractivity contribution >= 4 is 23.6 Å². The van der Waals surface area contributed by atoms with Gasteiger partial charge in [-0.25, -0.2) is 4.79 Å². The Morgan fingerprint density at radius 2 is 1.60 bits per heavy atom. The number of rotatable bonds is 10. The zero-order chi connectivity index (χ0) is 31.1. The van der Waals surface area contributed by atoms with Gasteiger partial charge in [0.1, 0.15) is 23.4 Å². The number of aryl methyl sites for hydroxylation is 1. The predicted molar refractivity (Wildman–Crippen MR) is 168 cm³/mol. The Balaban J connectivity index is 1.76. The van der Waals surface area contributed by atoms with Crippen molar-refractivity contribution in [3.05, 3.63) is 95.1 Å². The predicted octanol–water partition coefficient (Wildman–Crippen LogP) is 6.51. The first-order valence-electron chi connectivity index (χ1n) is 14.8. The van der Waals surface area contributed by atoms with Gasteiger partial charge in [0, 0.05) is 18.2 Å². The lowest BCUT2D eigenvalue weighted by atomic mass is 9.86. The molecule has 228 valence electrons. The van der Waals surface area contributed by atoms with E-state index in [1.807, 2.05) is 62.4 Å². The summed E-state index contributed by atoms with van der Waals surface area (Å²) in [7, 11) is 1.59. The smallest absolute Gasteiger partial charge is 0.408 e. The molecule has 43 heavy (non-hydrogen) atoms. The van der Waals surface area contributed by atoms with Crippen LogP contribution < -0.4 is 15.4 Å². The molecule has 1 aliphatic carbocycles. The van der Waals surface area contributed by atoms with E-state index < -0.39 is 23.8 Å². The third-order valence-corrected chi connectivity index (χ3v) is 7.82. The number of nitrogens with one attached hydrogen (secondary N) is 2. The number of carbonyl (C=O) groups is 3. The van der Waals surface area contributed by atoms with E-state index in [1.54, 1.807) is 57.0 Å². The lowest BCUT2D eigenvalue weighted by molar-refractivity contribution is -0.145. The van der Waals surface area contributed by atoms with Gasteiger partial charge in [-0.3, -0.25) is 9.59 Å². The molecule has 2 atom stereocenters. The monoisotopic (exact) mass is 585 g/mol. The Hall–Kier alpha value is -4.33. The second kappa shape index (κ2) is 13.8. The van der Waals surface area contributed by atoms with Crippen LogP contribution in [-0.2, 0) is 20.7 Å². The van der Waals surface area contributed by atoms with E-state index >= 15 is 0 Å². The molecule has 0 bridgehead atoms. The van der Waals surface area contributed by atoms with Crippen LogP contribution in [0.25, 0.3) is 0 Å². The summed E-state index contributed by atoms with van der Waals surface area (Å²) >= 11 is 0. The lowest BCUT2D eigenvalue weighted by Gasteiger charge is -2.44. The number of alkyl carbamates (subject to hydrolysis) is 1. The molecule has 8 nitrogen and oxygen atoms in total. The minimum atomic E-state index is -0.945. The minimum absolute atomic E-state index is 0.155. The highest BCUT2D eigenvalue weighted by molar-refractivity contribution is 5.99. The third kappa shape index (κ3) is 8.15. The van der Waals surface area contributed by atoms with Gasteiger partial charge >= 0.3 is 6.09 Å². The van der Waals surface area contributed by atoms with Crippen molar-refractivity contribution in [1.29, 1.82) is 0 Å². The van der Waals surface area contributed by atoms with E-state index in [4.69, 9.17) is 9.47 Å². The molecule has 3 amide bonds. The van der Waals surface area contributed by atoms with E-state index in [9.17, 15) is 14.4 Å². The van der Waals surface area contributed by atoms with Crippen molar-refractivity contribution < 1.29 is 23.9 Å². The molecule has 1 aliphatic rings. The maximum atomic E-state index is 14.7. The van der Waals surface area contributed by atoms with Crippen LogP contribution in [0.5, 0.6) is 5.75 Å². The molecule has 0 spiro atoms. The van der Waals surface area contributed by atoms with E-state index in [1.165, 1.54) is 0 Å². The van der Waals surface area contributed by atoms with Gasteiger partial charge in [0.15, 0.2) is 0 Å². The highest BCUT2D eigenvalue weighted by atomic mass is 16.6. The van der Waals surface area contributed by atoms with Crippen molar-refractivity contribution in [3.63, 3.8) is 0 Å². The largest absolute Gasteiger partial charge is 0.497 e. The topological polar surface area (TPSA) is 97.0 Å². The van der Waals surface area contributed by atoms with E-state index in [0.717, 1.165) is 41.5 Å². The molecule has 0 saturated heterocycles. The summed E-state index contributed by atoms with van der Waals surface area (Å²) in [5.74, 6) is 0.0253. The first kappa shape index (κ1) is 31.6. The summed E-state index contributed by atoms with van der Waals surface area (Å²) < 4.78 is 10.8. The molecular weight excluding hydrogens is 542 g/mol. The molecule has 0 aliphatic heterocycles. The molecule has 3 aromatic rings. The first-order chi connectivity index (χ1) is 20.5. The Morgan fingerprint density at radius 3 is 2.19 bits per heavy atom.